The minimum absolute atomic E-state index is 0.211. The van der Waals surface area contributed by atoms with Crippen molar-refractivity contribution in [3.05, 3.63) is 29.1 Å². The summed E-state index contributed by atoms with van der Waals surface area (Å²) in [7, 11) is 2.94. The molecule has 0 radical (unpaired) electrons. The second-order valence-corrected chi connectivity index (χ2v) is 6.24. The number of quaternary nitrogens is 1. The quantitative estimate of drug-likeness (QED) is 0.570. The Balaban J connectivity index is 1.80. The summed E-state index contributed by atoms with van der Waals surface area (Å²) in [5.74, 6) is 0.775. The highest BCUT2D eigenvalue weighted by Crippen LogP contribution is 2.21. The van der Waals surface area contributed by atoms with Crippen LogP contribution in [0.3, 0.4) is 0 Å². The number of aromatic nitrogens is 2. The van der Waals surface area contributed by atoms with Crippen LogP contribution in [0, 0.1) is 4.84 Å². The van der Waals surface area contributed by atoms with E-state index in [1.165, 1.54) is 11.8 Å². The van der Waals surface area contributed by atoms with E-state index >= 15 is 0 Å². The first-order valence-electron chi connectivity index (χ1n) is 7.84. The number of carbonyl (C=O) groups excluding carboxylic acids is 1. The van der Waals surface area contributed by atoms with Crippen LogP contribution in [0.2, 0.25) is 0 Å². The van der Waals surface area contributed by atoms with E-state index in [0.717, 1.165) is 16.2 Å². The number of aliphatic hydroxyl groups excluding tert-OH is 1. The zero-order valence-electron chi connectivity index (χ0n) is 14.0. The monoisotopic (exact) mass is 366 g/mol. The van der Waals surface area contributed by atoms with Gasteiger partial charge in [-0.15, -0.1) is 5.10 Å². The van der Waals surface area contributed by atoms with Gasteiger partial charge in [0.2, 0.25) is 5.89 Å². The van der Waals surface area contributed by atoms with Gasteiger partial charge < -0.3 is 23.9 Å². The highest BCUT2D eigenvalue weighted by molar-refractivity contribution is 7.71. The zero-order chi connectivity index (χ0) is 18.0. The number of nitrogens with one attached hydrogen (secondary N) is 1. The third-order valence-electron chi connectivity index (χ3n) is 4.28. The Morgan fingerprint density at radius 1 is 1.44 bits per heavy atom. The number of ether oxygens (including phenoxy) is 2. The van der Waals surface area contributed by atoms with E-state index in [1.54, 1.807) is 7.11 Å². The number of nitrogens with zero attached hydrogens (tertiary/aromatic N) is 2. The number of carbonyl (C=O) groups is 1. The van der Waals surface area contributed by atoms with Gasteiger partial charge in [-0.25, -0.2) is 4.79 Å². The van der Waals surface area contributed by atoms with Crippen LogP contribution in [0.15, 0.2) is 28.7 Å². The number of hydrogen-bond acceptors (Lipinski definition) is 7. The Bertz CT molecular complexity index is 801. The predicted octanol–water partition coefficient (Wildman–Crippen LogP) is 0.0298. The molecule has 2 heterocycles. The second-order valence-electron chi connectivity index (χ2n) is 5.89. The topological polar surface area (TPSA) is 91.2 Å². The van der Waals surface area contributed by atoms with Crippen molar-refractivity contribution in [3.63, 3.8) is 0 Å². The Hall–Kier alpha value is -2.23. The number of hydrogen-bond donors (Lipinski definition) is 2. The maximum Gasteiger partial charge on any atom is 0.364 e. The molecule has 1 saturated heterocycles. The molecule has 3 rings (SSSR count). The summed E-state index contributed by atoms with van der Waals surface area (Å²) in [4.78, 5) is 12.9. The Morgan fingerprint density at radius 3 is 2.80 bits per heavy atom. The van der Waals surface area contributed by atoms with Crippen LogP contribution in [-0.4, -0.2) is 53.8 Å². The van der Waals surface area contributed by atoms with Gasteiger partial charge in [0.1, 0.15) is 18.4 Å². The van der Waals surface area contributed by atoms with Crippen molar-refractivity contribution in [3.8, 4) is 17.2 Å². The van der Waals surface area contributed by atoms with Crippen molar-refractivity contribution in [2.75, 3.05) is 20.8 Å². The molecule has 1 aromatic heterocycles. The summed E-state index contributed by atoms with van der Waals surface area (Å²) in [6.45, 7) is 0.738. The number of rotatable bonds is 5. The molecule has 0 spiro atoms. The first-order valence-corrected chi connectivity index (χ1v) is 8.25. The van der Waals surface area contributed by atoms with Crippen molar-refractivity contribution >= 4 is 18.2 Å². The summed E-state index contributed by atoms with van der Waals surface area (Å²) in [6, 6.07) is 6.83. The standard InChI is InChI=1S/C16H19N3O5S/c1-22-12-5-3-10(4-6-12)14-17-19(16(25)24-14)9-18-8-11(20)7-13(18)15(21)23-2/h3-6,11,13,20H,7-9H2,1-2H3/p+1/t11-,13+/m1/s1. The molecule has 2 aromatic rings. The van der Waals surface area contributed by atoms with Crippen molar-refractivity contribution in [2.24, 2.45) is 0 Å². The summed E-state index contributed by atoms with van der Waals surface area (Å²) in [6.07, 6.45) is -0.195. The smallest absolute Gasteiger partial charge is 0.364 e. The average Bonchev–Trinajstić information content (AvgIpc) is 3.17. The predicted molar refractivity (Wildman–Crippen MR) is 89.6 cm³/mol. The zero-order valence-corrected chi connectivity index (χ0v) is 14.8. The molecule has 134 valence electrons. The number of methoxy groups -OCH3 is 2. The molecule has 0 aliphatic carbocycles. The molecule has 9 heteroatoms. The molecule has 1 aromatic carbocycles. The Morgan fingerprint density at radius 2 is 2.16 bits per heavy atom. The summed E-state index contributed by atoms with van der Waals surface area (Å²) in [5, 5.41) is 14.3. The molecule has 1 fully saturated rings. The van der Waals surface area contributed by atoms with Gasteiger partial charge in [-0.1, -0.05) is 0 Å². The fraction of sp³-hybridized carbons (Fsp3) is 0.438. The SMILES string of the molecule is COC(=O)[C@@H]1C[C@@H](O)C[NH+]1Cn1nc(-c2ccc(OC)cc2)oc1=S. The first kappa shape index (κ1) is 17.6. The van der Waals surface area contributed by atoms with Gasteiger partial charge in [-0.3, -0.25) is 0 Å². The molecule has 0 saturated carbocycles. The van der Waals surface area contributed by atoms with E-state index in [0.29, 0.717) is 25.5 Å². The third kappa shape index (κ3) is 3.73. The van der Waals surface area contributed by atoms with Gasteiger partial charge in [0.05, 0.1) is 14.2 Å². The van der Waals surface area contributed by atoms with Crippen molar-refractivity contribution in [1.29, 1.82) is 0 Å². The van der Waals surface area contributed by atoms with Gasteiger partial charge in [-0.05, 0) is 36.5 Å². The summed E-state index contributed by atoms with van der Waals surface area (Å²) < 4.78 is 17.0. The average molecular weight is 366 g/mol. The molecular formula is C16H20N3O5S+. The lowest BCUT2D eigenvalue weighted by molar-refractivity contribution is -0.928. The minimum atomic E-state index is -0.554. The van der Waals surface area contributed by atoms with Crippen LogP contribution in [0.1, 0.15) is 6.42 Å². The molecule has 8 nitrogen and oxygen atoms in total. The van der Waals surface area contributed by atoms with E-state index < -0.39 is 12.1 Å². The van der Waals surface area contributed by atoms with Crippen LogP contribution in [-0.2, 0) is 16.2 Å². The number of aliphatic hydroxyl groups is 1. The molecule has 2 N–H and O–H groups in total. The second kappa shape index (κ2) is 7.34. The fourth-order valence-electron chi connectivity index (χ4n) is 3.00. The molecule has 1 aliphatic rings. The van der Waals surface area contributed by atoms with Crippen LogP contribution in [0.5, 0.6) is 5.75 Å². The van der Waals surface area contributed by atoms with Crippen molar-refractivity contribution in [1.82, 2.24) is 9.78 Å². The summed E-state index contributed by atoms with van der Waals surface area (Å²) in [5.41, 5.74) is 0.770. The number of likely N-dealkylation sites (tertiary alicyclic amines) is 1. The molecular weight excluding hydrogens is 346 g/mol. The lowest BCUT2D eigenvalue weighted by Gasteiger charge is -2.18. The molecule has 1 aliphatic heterocycles. The summed E-state index contributed by atoms with van der Waals surface area (Å²) >= 11 is 5.24. The highest BCUT2D eigenvalue weighted by Gasteiger charge is 2.41. The molecule has 3 atom stereocenters. The Kier molecular flexibility index (Phi) is 5.16. The number of benzene rings is 1. The van der Waals surface area contributed by atoms with Crippen LogP contribution >= 0.6 is 12.2 Å². The van der Waals surface area contributed by atoms with E-state index in [2.05, 4.69) is 5.10 Å². The third-order valence-corrected chi connectivity index (χ3v) is 4.57. The van der Waals surface area contributed by atoms with Crippen molar-refractivity contribution < 1.29 is 28.7 Å². The largest absolute Gasteiger partial charge is 0.497 e. The van der Waals surface area contributed by atoms with Gasteiger partial charge in [-0.2, -0.15) is 4.68 Å². The molecule has 25 heavy (non-hydrogen) atoms. The minimum Gasteiger partial charge on any atom is -0.497 e. The van der Waals surface area contributed by atoms with Crippen LogP contribution in [0.25, 0.3) is 11.5 Å². The lowest BCUT2D eigenvalue weighted by atomic mass is 10.2. The Labute approximate surface area is 149 Å². The van der Waals surface area contributed by atoms with E-state index in [4.69, 9.17) is 26.1 Å². The van der Waals surface area contributed by atoms with Crippen molar-refractivity contribution in [2.45, 2.75) is 25.2 Å². The van der Waals surface area contributed by atoms with Gasteiger partial charge >= 0.3 is 5.97 Å². The highest BCUT2D eigenvalue weighted by atomic mass is 32.1. The lowest BCUT2D eigenvalue weighted by Crippen LogP contribution is -3.14. The van der Waals surface area contributed by atoms with E-state index in [9.17, 15) is 9.90 Å². The maximum atomic E-state index is 11.9. The van der Waals surface area contributed by atoms with E-state index in [-0.39, 0.29) is 10.8 Å². The van der Waals surface area contributed by atoms with Crippen LogP contribution < -0.4 is 9.64 Å². The maximum absolute atomic E-state index is 11.9. The van der Waals surface area contributed by atoms with Crippen LogP contribution in [0.4, 0.5) is 0 Å². The first-order chi connectivity index (χ1) is 12.0. The molecule has 1 unspecified atom stereocenters. The van der Waals surface area contributed by atoms with Gasteiger partial charge in [0, 0.05) is 12.0 Å². The van der Waals surface area contributed by atoms with E-state index in [1.807, 2.05) is 24.3 Å². The normalized spacial score (nSPS) is 22.8. The fourth-order valence-corrected chi connectivity index (χ4v) is 3.18. The molecule has 0 bridgehead atoms. The van der Waals surface area contributed by atoms with Gasteiger partial charge in [0.15, 0.2) is 12.7 Å². The number of esters is 1. The molecule has 0 amide bonds. The van der Waals surface area contributed by atoms with Gasteiger partial charge in [0.25, 0.3) is 4.84 Å².